The number of ether oxygens (including phenoxy) is 2. The summed E-state index contributed by atoms with van der Waals surface area (Å²) >= 11 is 0. The maximum atomic E-state index is 11.0. The van der Waals surface area contributed by atoms with Gasteiger partial charge in [0.25, 0.3) is 0 Å². The van der Waals surface area contributed by atoms with Crippen molar-refractivity contribution in [2.75, 3.05) is 14.2 Å². The Kier molecular flexibility index (Phi) is 3.69. The lowest BCUT2D eigenvalue weighted by atomic mass is 10.0. The van der Waals surface area contributed by atoms with Gasteiger partial charge in [0.2, 0.25) is 0 Å². The van der Waals surface area contributed by atoms with Crippen molar-refractivity contribution < 1.29 is 24.2 Å². The van der Waals surface area contributed by atoms with E-state index in [0.717, 1.165) is 4.68 Å². The van der Waals surface area contributed by atoms with Gasteiger partial charge >= 0.3 is 6.09 Å². The largest absolute Gasteiger partial charge is 0.496 e. The highest BCUT2D eigenvalue weighted by atomic mass is 16.5. The van der Waals surface area contributed by atoms with E-state index < -0.39 is 6.09 Å². The minimum Gasteiger partial charge on any atom is -0.496 e. The summed E-state index contributed by atoms with van der Waals surface area (Å²) in [5, 5.41) is 12.6. The lowest BCUT2D eigenvalue weighted by molar-refractivity contribution is 0.112. The molecule has 1 N–H and O–H groups in total. The van der Waals surface area contributed by atoms with Gasteiger partial charge in [-0.25, -0.2) is 4.79 Å². The van der Waals surface area contributed by atoms with E-state index in [1.165, 1.54) is 26.6 Å². The lowest BCUT2D eigenvalue weighted by Crippen LogP contribution is -2.07. The summed E-state index contributed by atoms with van der Waals surface area (Å²) in [4.78, 5) is 21.9. The predicted octanol–water partition coefficient (Wildman–Crippen LogP) is 1.91. The van der Waals surface area contributed by atoms with Crippen LogP contribution in [0.1, 0.15) is 10.4 Å². The topological polar surface area (TPSA) is 90.7 Å². The van der Waals surface area contributed by atoms with E-state index in [1.54, 1.807) is 12.1 Å². The highest BCUT2D eigenvalue weighted by molar-refractivity contribution is 5.85. The Balaban J connectivity index is 2.59. The fourth-order valence-corrected chi connectivity index (χ4v) is 1.81. The molecule has 0 spiro atoms. The smallest absolute Gasteiger partial charge is 0.432 e. The van der Waals surface area contributed by atoms with Crippen LogP contribution in [0.25, 0.3) is 11.1 Å². The minimum absolute atomic E-state index is 0.339. The molecule has 7 nitrogen and oxygen atoms in total. The molecule has 1 heterocycles. The Morgan fingerprint density at radius 1 is 1.30 bits per heavy atom. The standard InChI is InChI=1S/C13H12N2O5/c1-19-11-4-12(20-2)10(3-8(11)7-16)9-5-14-15(6-9)13(17)18/h3-7H,1-2H3,(H,17,18). The van der Waals surface area contributed by atoms with E-state index >= 15 is 0 Å². The van der Waals surface area contributed by atoms with Gasteiger partial charge in [-0.3, -0.25) is 4.79 Å². The van der Waals surface area contributed by atoms with Gasteiger partial charge in [-0.15, -0.1) is 0 Å². The van der Waals surface area contributed by atoms with Crippen LogP contribution in [0.4, 0.5) is 4.79 Å². The fraction of sp³-hybridized carbons (Fsp3) is 0.154. The van der Waals surface area contributed by atoms with Crippen LogP contribution in [0.15, 0.2) is 24.5 Å². The Hall–Kier alpha value is -2.83. The van der Waals surface area contributed by atoms with Gasteiger partial charge in [0.05, 0.1) is 26.0 Å². The van der Waals surface area contributed by atoms with Crippen LogP contribution >= 0.6 is 0 Å². The van der Waals surface area contributed by atoms with E-state index in [9.17, 15) is 9.59 Å². The first kappa shape index (κ1) is 13.6. The van der Waals surface area contributed by atoms with Gasteiger partial charge in [-0.1, -0.05) is 0 Å². The van der Waals surface area contributed by atoms with Crippen molar-refractivity contribution in [3.05, 3.63) is 30.1 Å². The summed E-state index contributed by atoms with van der Waals surface area (Å²) in [6.45, 7) is 0. The second kappa shape index (κ2) is 5.43. The van der Waals surface area contributed by atoms with Crippen LogP contribution in [0.2, 0.25) is 0 Å². The third-order valence-electron chi connectivity index (χ3n) is 2.77. The van der Waals surface area contributed by atoms with Crippen molar-refractivity contribution in [1.82, 2.24) is 9.78 Å². The first-order valence-corrected chi connectivity index (χ1v) is 5.60. The number of aldehydes is 1. The number of nitrogens with zero attached hydrogens (tertiary/aromatic N) is 2. The third-order valence-corrected chi connectivity index (χ3v) is 2.77. The summed E-state index contributed by atoms with van der Waals surface area (Å²) in [7, 11) is 2.92. The molecule has 0 aliphatic carbocycles. The van der Waals surface area contributed by atoms with E-state index in [4.69, 9.17) is 14.6 Å². The molecule has 20 heavy (non-hydrogen) atoms. The Labute approximate surface area is 114 Å². The molecule has 7 heteroatoms. The quantitative estimate of drug-likeness (QED) is 0.858. The van der Waals surface area contributed by atoms with Gasteiger partial charge in [-0.05, 0) is 6.07 Å². The summed E-state index contributed by atoms with van der Waals surface area (Å²) in [5.74, 6) is 0.837. The van der Waals surface area contributed by atoms with Crippen LogP contribution in [-0.4, -0.2) is 41.5 Å². The number of methoxy groups -OCH3 is 2. The van der Waals surface area contributed by atoms with Gasteiger partial charge in [0.15, 0.2) is 6.29 Å². The first-order chi connectivity index (χ1) is 9.60. The molecule has 0 radical (unpaired) electrons. The molecular weight excluding hydrogens is 264 g/mol. The highest BCUT2D eigenvalue weighted by Gasteiger charge is 2.15. The molecule has 0 bridgehead atoms. The van der Waals surface area contributed by atoms with Crippen molar-refractivity contribution in [2.45, 2.75) is 0 Å². The number of aromatic nitrogens is 2. The van der Waals surface area contributed by atoms with Crippen molar-refractivity contribution in [3.63, 3.8) is 0 Å². The molecule has 0 amide bonds. The number of carbonyl (C=O) groups excluding carboxylic acids is 1. The average Bonchev–Trinajstić information content (AvgIpc) is 2.95. The van der Waals surface area contributed by atoms with Crippen LogP contribution in [-0.2, 0) is 0 Å². The van der Waals surface area contributed by atoms with Gasteiger partial charge < -0.3 is 14.6 Å². The molecule has 0 unspecified atom stereocenters. The van der Waals surface area contributed by atoms with Gasteiger partial charge in [-0.2, -0.15) is 9.78 Å². The van der Waals surface area contributed by atoms with Crippen molar-refractivity contribution in [2.24, 2.45) is 0 Å². The number of carbonyl (C=O) groups is 2. The van der Waals surface area contributed by atoms with Crippen molar-refractivity contribution in [1.29, 1.82) is 0 Å². The zero-order valence-electron chi connectivity index (χ0n) is 10.9. The molecule has 0 atom stereocenters. The summed E-state index contributed by atoms with van der Waals surface area (Å²) < 4.78 is 11.1. The molecule has 104 valence electrons. The maximum Gasteiger partial charge on any atom is 0.432 e. The maximum absolute atomic E-state index is 11.0. The molecule has 0 saturated heterocycles. The Morgan fingerprint density at radius 2 is 2.00 bits per heavy atom. The monoisotopic (exact) mass is 276 g/mol. The van der Waals surface area contributed by atoms with E-state index in [-0.39, 0.29) is 0 Å². The van der Waals surface area contributed by atoms with Crippen LogP contribution in [0, 0.1) is 0 Å². The zero-order chi connectivity index (χ0) is 14.7. The molecule has 1 aromatic heterocycles. The Morgan fingerprint density at radius 3 is 2.50 bits per heavy atom. The number of hydrogen-bond acceptors (Lipinski definition) is 5. The van der Waals surface area contributed by atoms with Crippen LogP contribution < -0.4 is 9.47 Å². The minimum atomic E-state index is -1.20. The second-order valence-electron chi connectivity index (χ2n) is 3.87. The molecule has 0 aliphatic heterocycles. The average molecular weight is 276 g/mol. The van der Waals surface area contributed by atoms with Crippen molar-refractivity contribution in [3.8, 4) is 22.6 Å². The van der Waals surface area contributed by atoms with Crippen molar-refractivity contribution >= 4 is 12.4 Å². The normalized spacial score (nSPS) is 10.1. The van der Waals surface area contributed by atoms with Crippen LogP contribution in [0.3, 0.4) is 0 Å². The zero-order valence-corrected chi connectivity index (χ0v) is 10.9. The number of carboxylic acid groups (broad SMARTS) is 1. The molecule has 0 aliphatic rings. The summed E-state index contributed by atoms with van der Waals surface area (Å²) in [6, 6.07) is 3.13. The molecule has 0 saturated carbocycles. The SMILES string of the molecule is COc1cc(OC)c(-c2cnn(C(=O)O)c2)cc1C=O. The van der Waals surface area contributed by atoms with Crippen LogP contribution in [0.5, 0.6) is 11.5 Å². The summed E-state index contributed by atoms with van der Waals surface area (Å²) in [5.41, 5.74) is 1.42. The van der Waals surface area contributed by atoms with Gasteiger partial charge in [0, 0.05) is 23.4 Å². The van der Waals surface area contributed by atoms with E-state index in [0.29, 0.717) is 34.5 Å². The van der Waals surface area contributed by atoms with E-state index in [1.807, 2.05) is 0 Å². The molecule has 2 rings (SSSR count). The van der Waals surface area contributed by atoms with Gasteiger partial charge in [0.1, 0.15) is 11.5 Å². The second-order valence-corrected chi connectivity index (χ2v) is 3.87. The number of benzene rings is 1. The Bertz CT molecular complexity index is 663. The molecule has 2 aromatic rings. The lowest BCUT2D eigenvalue weighted by Gasteiger charge is -2.11. The molecular formula is C13H12N2O5. The third kappa shape index (κ3) is 2.33. The predicted molar refractivity (Wildman–Crippen MR) is 69.6 cm³/mol. The first-order valence-electron chi connectivity index (χ1n) is 5.60. The van der Waals surface area contributed by atoms with E-state index in [2.05, 4.69) is 5.10 Å². The molecule has 1 aromatic carbocycles. The summed E-state index contributed by atoms with van der Waals surface area (Å²) in [6.07, 6.45) is 2.18. The fourth-order valence-electron chi connectivity index (χ4n) is 1.81. The number of hydrogen-bond donors (Lipinski definition) is 1. The highest BCUT2D eigenvalue weighted by Crippen LogP contribution is 2.35. The number of rotatable bonds is 4. The molecule has 0 fully saturated rings.